The van der Waals surface area contributed by atoms with E-state index in [-0.39, 0.29) is 0 Å². The average Bonchev–Trinajstić information content (AvgIpc) is 2.57. The molecule has 0 aliphatic heterocycles. The molecule has 0 radical (unpaired) electrons. The second-order valence-electron chi connectivity index (χ2n) is 8.64. The van der Waals surface area contributed by atoms with E-state index >= 15 is 0 Å². The summed E-state index contributed by atoms with van der Waals surface area (Å²) < 4.78 is 0. The smallest absolute Gasteiger partial charge is 0.0379 e. The van der Waals surface area contributed by atoms with Gasteiger partial charge in [0.25, 0.3) is 0 Å². The Morgan fingerprint density at radius 1 is 0.731 bits per heavy atom. The molecule has 2 saturated carbocycles. The lowest BCUT2D eigenvalue weighted by Gasteiger charge is -2.31. The van der Waals surface area contributed by atoms with Crippen LogP contribution in [0.25, 0.3) is 0 Å². The zero-order valence-corrected chi connectivity index (χ0v) is 17.0. The first-order valence-corrected chi connectivity index (χ1v) is 11.5. The first kappa shape index (κ1) is 19.6. The second-order valence-corrected chi connectivity index (χ2v) is 8.64. The van der Waals surface area contributed by atoms with Gasteiger partial charge in [0.15, 0.2) is 0 Å². The van der Waals surface area contributed by atoms with Crippen molar-refractivity contribution in [1.82, 2.24) is 0 Å². The molecule has 0 bridgehead atoms. The fraction of sp³-hybridized carbons (Fsp3) is 0.750. The van der Waals surface area contributed by atoms with E-state index in [9.17, 15) is 0 Å². The summed E-state index contributed by atoms with van der Waals surface area (Å²) >= 11 is 0. The summed E-state index contributed by atoms with van der Waals surface area (Å²) in [7, 11) is 0. The molecule has 0 heterocycles. The maximum atomic E-state index is 6.66. The van der Waals surface area contributed by atoms with E-state index in [0.717, 1.165) is 12.2 Å². The molecule has 2 fully saturated rings. The SMILES string of the molecule is CCNc1ccc(N)c(C2CCCCCCC2)c1C1CCCCCCC1. The zero-order valence-electron chi connectivity index (χ0n) is 17.0. The van der Waals surface area contributed by atoms with Gasteiger partial charge in [-0.15, -0.1) is 0 Å². The van der Waals surface area contributed by atoms with Crippen LogP contribution in [0.1, 0.15) is 120 Å². The predicted molar refractivity (Wildman–Crippen MR) is 115 cm³/mol. The summed E-state index contributed by atoms with van der Waals surface area (Å²) in [5.41, 5.74) is 12.2. The summed E-state index contributed by atoms with van der Waals surface area (Å²) in [4.78, 5) is 0. The molecule has 0 unspecified atom stereocenters. The highest BCUT2D eigenvalue weighted by molar-refractivity contribution is 5.66. The van der Waals surface area contributed by atoms with Crippen LogP contribution in [0.15, 0.2) is 12.1 Å². The number of hydrogen-bond acceptors (Lipinski definition) is 2. The number of nitrogens with two attached hydrogens (primary N) is 1. The average molecular weight is 357 g/mol. The molecule has 0 spiro atoms. The van der Waals surface area contributed by atoms with Crippen molar-refractivity contribution < 1.29 is 0 Å². The minimum atomic E-state index is 0.675. The van der Waals surface area contributed by atoms with E-state index in [1.165, 1.54) is 101 Å². The monoisotopic (exact) mass is 356 g/mol. The van der Waals surface area contributed by atoms with Gasteiger partial charge in [-0.2, -0.15) is 0 Å². The lowest BCUT2D eigenvalue weighted by atomic mass is 9.76. The minimum Gasteiger partial charge on any atom is -0.398 e. The molecule has 2 aliphatic rings. The third kappa shape index (κ3) is 4.96. The van der Waals surface area contributed by atoms with Gasteiger partial charge in [0, 0.05) is 17.9 Å². The van der Waals surface area contributed by atoms with Crippen molar-refractivity contribution in [3.63, 3.8) is 0 Å². The normalized spacial score (nSPS) is 21.4. The first-order chi connectivity index (χ1) is 12.8. The summed E-state index contributed by atoms with van der Waals surface area (Å²) in [5, 5.41) is 3.69. The lowest BCUT2D eigenvalue weighted by molar-refractivity contribution is 0.435. The zero-order chi connectivity index (χ0) is 18.2. The third-order valence-corrected chi connectivity index (χ3v) is 6.71. The Morgan fingerprint density at radius 2 is 1.19 bits per heavy atom. The van der Waals surface area contributed by atoms with Crippen molar-refractivity contribution in [3.8, 4) is 0 Å². The molecule has 1 aromatic carbocycles. The molecule has 26 heavy (non-hydrogen) atoms. The highest BCUT2D eigenvalue weighted by Gasteiger charge is 2.26. The van der Waals surface area contributed by atoms with Crippen molar-refractivity contribution in [3.05, 3.63) is 23.3 Å². The molecule has 1 aromatic rings. The summed E-state index contributed by atoms with van der Waals surface area (Å²) in [6.45, 7) is 3.21. The van der Waals surface area contributed by atoms with Gasteiger partial charge in [0.05, 0.1) is 0 Å². The minimum absolute atomic E-state index is 0.675. The van der Waals surface area contributed by atoms with Crippen LogP contribution in [0.5, 0.6) is 0 Å². The highest BCUT2D eigenvalue weighted by Crippen LogP contribution is 2.45. The van der Waals surface area contributed by atoms with Gasteiger partial charge in [0.1, 0.15) is 0 Å². The topological polar surface area (TPSA) is 38.0 Å². The molecule has 2 aliphatic carbocycles. The van der Waals surface area contributed by atoms with E-state index in [1.807, 2.05) is 0 Å². The van der Waals surface area contributed by atoms with Crippen LogP contribution in [0, 0.1) is 0 Å². The van der Waals surface area contributed by atoms with Crippen LogP contribution in [0.4, 0.5) is 11.4 Å². The molecule has 3 N–H and O–H groups in total. The Kier molecular flexibility index (Phi) is 7.70. The Balaban J connectivity index is 1.98. The number of hydrogen-bond donors (Lipinski definition) is 2. The van der Waals surface area contributed by atoms with Gasteiger partial charge in [-0.3, -0.25) is 0 Å². The quantitative estimate of drug-likeness (QED) is 0.553. The number of anilines is 2. The summed E-state index contributed by atoms with van der Waals surface area (Å²) in [6, 6.07) is 4.44. The molecule has 2 nitrogen and oxygen atoms in total. The Bertz CT molecular complexity index is 535. The highest BCUT2D eigenvalue weighted by atomic mass is 14.9. The van der Waals surface area contributed by atoms with Gasteiger partial charge in [-0.25, -0.2) is 0 Å². The van der Waals surface area contributed by atoms with Crippen LogP contribution in [0.2, 0.25) is 0 Å². The fourth-order valence-electron chi connectivity index (χ4n) is 5.38. The molecule has 0 atom stereocenters. The predicted octanol–water partition coefficient (Wildman–Crippen LogP) is 7.36. The molecule has 0 amide bonds. The molecule has 2 heteroatoms. The van der Waals surface area contributed by atoms with E-state index in [0.29, 0.717) is 11.8 Å². The van der Waals surface area contributed by atoms with Crippen LogP contribution in [0.3, 0.4) is 0 Å². The Morgan fingerprint density at radius 3 is 1.69 bits per heavy atom. The molecule has 0 saturated heterocycles. The van der Waals surface area contributed by atoms with E-state index in [4.69, 9.17) is 5.73 Å². The summed E-state index contributed by atoms with van der Waals surface area (Å²) in [6.07, 6.45) is 19.4. The first-order valence-electron chi connectivity index (χ1n) is 11.5. The summed E-state index contributed by atoms with van der Waals surface area (Å²) in [5.74, 6) is 1.38. The van der Waals surface area contributed by atoms with Crippen molar-refractivity contribution >= 4 is 11.4 Å². The van der Waals surface area contributed by atoms with Gasteiger partial charge in [-0.05, 0) is 67.7 Å². The van der Waals surface area contributed by atoms with Crippen molar-refractivity contribution in [2.24, 2.45) is 0 Å². The van der Waals surface area contributed by atoms with Gasteiger partial charge >= 0.3 is 0 Å². The fourth-order valence-corrected chi connectivity index (χ4v) is 5.38. The van der Waals surface area contributed by atoms with Crippen LogP contribution < -0.4 is 11.1 Å². The number of rotatable bonds is 4. The second kappa shape index (κ2) is 10.2. The van der Waals surface area contributed by atoms with Crippen LogP contribution in [-0.4, -0.2) is 6.54 Å². The molecule has 3 rings (SSSR count). The number of benzene rings is 1. The van der Waals surface area contributed by atoms with Gasteiger partial charge in [0.2, 0.25) is 0 Å². The molecule has 0 aromatic heterocycles. The number of nitrogen functional groups attached to an aromatic ring is 1. The van der Waals surface area contributed by atoms with Crippen molar-refractivity contribution in [1.29, 1.82) is 0 Å². The third-order valence-electron chi connectivity index (χ3n) is 6.71. The lowest BCUT2D eigenvalue weighted by Crippen LogP contribution is -2.15. The van der Waals surface area contributed by atoms with Crippen molar-refractivity contribution in [2.75, 3.05) is 17.6 Å². The Labute approximate surface area is 161 Å². The Hall–Kier alpha value is -1.18. The molecule has 146 valence electrons. The maximum absolute atomic E-state index is 6.66. The van der Waals surface area contributed by atoms with Crippen LogP contribution >= 0.6 is 0 Å². The van der Waals surface area contributed by atoms with Gasteiger partial charge in [-0.1, -0.05) is 64.2 Å². The van der Waals surface area contributed by atoms with Crippen LogP contribution in [-0.2, 0) is 0 Å². The van der Waals surface area contributed by atoms with E-state index < -0.39 is 0 Å². The van der Waals surface area contributed by atoms with E-state index in [1.54, 1.807) is 5.56 Å². The standard InChI is InChI=1S/C24H40N2/c1-2-26-22-18-17-21(25)23(19-13-9-5-3-6-10-14-19)24(22)20-15-11-7-4-8-12-16-20/h17-20,26H,2-16,25H2,1H3. The van der Waals surface area contributed by atoms with Crippen molar-refractivity contribution in [2.45, 2.75) is 109 Å². The van der Waals surface area contributed by atoms with Gasteiger partial charge < -0.3 is 11.1 Å². The maximum Gasteiger partial charge on any atom is 0.0379 e. The largest absolute Gasteiger partial charge is 0.398 e. The van der Waals surface area contributed by atoms with E-state index in [2.05, 4.69) is 24.4 Å². The molecular formula is C24H40N2. The number of nitrogens with one attached hydrogen (secondary N) is 1. The molecular weight excluding hydrogens is 316 g/mol.